The molecule has 0 aromatic heterocycles. The molecule has 0 aliphatic rings. The van der Waals surface area contributed by atoms with Crippen molar-refractivity contribution in [1.82, 2.24) is 0 Å². The second-order valence-electron chi connectivity index (χ2n) is 16.4. The summed E-state index contributed by atoms with van der Waals surface area (Å²) in [5.41, 5.74) is 7.88. The van der Waals surface area contributed by atoms with E-state index in [1.54, 1.807) is 14.2 Å². The van der Waals surface area contributed by atoms with Gasteiger partial charge in [-0.3, -0.25) is 0 Å². The molecule has 8 rings (SSSR count). The molecule has 8 aromatic carbocycles. The number of carbonyl (C=O) groups is 2. The van der Waals surface area contributed by atoms with E-state index in [1.807, 2.05) is 146 Å². The highest BCUT2D eigenvalue weighted by molar-refractivity contribution is 5.82. The summed E-state index contributed by atoms with van der Waals surface area (Å²) in [6.45, 7) is 8.15. The third-order valence-electron chi connectivity index (χ3n) is 11.5. The lowest BCUT2D eigenvalue weighted by atomic mass is 10.0. The predicted molar refractivity (Wildman–Crippen MR) is 290 cm³/mol. The van der Waals surface area contributed by atoms with Gasteiger partial charge in [0, 0.05) is 59.1 Å². The molecule has 0 spiro atoms. The summed E-state index contributed by atoms with van der Waals surface area (Å²) in [5, 5.41) is 0. The molecule has 0 radical (unpaired) electrons. The van der Waals surface area contributed by atoms with Crippen LogP contribution in [0.15, 0.2) is 219 Å². The van der Waals surface area contributed by atoms with Crippen LogP contribution in [0.1, 0.15) is 12.8 Å². The molecule has 0 N–H and O–H groups in total. The van der Waals surface area contributed by atoms with Crippen LogP contribution in [0.2, 0.25) is 0 Å². The first-order valence-electron chi connectivity index (χ1n) is 24.0. The predicted octanol–water partition coefficient (Wildman–Crippen LogP) is 14.9. The van der Waals surface area contributed by atoms with Crippen LogP contribution in [0, 0.1) is 0 Å². The molecule has 0 saturated heterocycles. The topological polar surface area (TPSA) is 114 Å². The lowest BCUT2D eigenvalue weighted by Crippen LogP contribution is -2.10. The maximum atomic E-state index is 11.2. The van der Waals surface area contributed by atoms with Crippen LogP contribution in [0.3, 0.4) is 0 Å². The normalized spacial score (nSPS) is 10.6. The number of esters is 2. The Morgan fingerprint density at radius 3 is 0.865 bits per heavy atom. The molecule has 374 valence electrons. The zero-order valence-electron chi connectivity index (χ0n) is 41.3. The van der Waals surface area contributed by atoms with Crippen LogP contribution in [0.4, 0.5) is 34.1 Å². The average Bonchev–Trinajstić information content (AvgIpc) is 3.45. The Morgan fingerprint density at radius 1 is 0.351 bits per heavy atom. The van der Waals surface area contributed by atoms with Gasteiger partial charge >= 0.3 is 11.9 Å². The van der Waals surface area contributed by atoms with E-state index >= 15 is 0 Å². The highest BCUT2D eigenvalue weighted by Gasteiger charge is 2.16. The number of nitrogens with zero attached hydrogens (tertiary/aromatic N) is 2. The second kappa shape index (κ2) is 25.6. The highest BCUT2D eigenvalue weighted by atomic mass is 16.5. The van der Waals surface area contributed by atoms with Gasteiger partial charge in [-0.2, -0.15) is 0 Å². The van der Waals surface area contributed by atoms with E-state index in [4.69, 9.17) is 37.9 Å². The summed E-state index contributed by atoms with van der Waals surface area (Å²) in [4.78, 5) is 26.9. The van der Waals surface area contributed by atoms with Crippen molar-refractivity contribution in [2.24, 2.45) is 0 Å². The number of hydrogen-bond acceptors (Lipinski definition) is 12. The van der Waals surface area contributed by atoms with Gasteiger partial charge in [-0.1, -0.05) is 37.4 Å². The van der Waals surface area contributed by atoms with Crippen molar-refractivity contribution in [1.29, 1.82) is 0 Å². The number of anilines is 6. The minimum Gasteiger partial charge on any atom is -0.497 e. The van der Waals surface area contributed by atoms with Crippen molar-refractivity contribution >= 4 is 46.1 Å². The molecule has 0 aliphatic heterocycles. The summed E-state index contributed by atoms with van der Waals surface area (Å²) in [7, 11) is 3.32. The zero-order valence-corrected chi connectivity index (χ0v) is 41.3. The van der Waals surface area contributed by atoms with Gasteiger partial charge in [0.05, 0.1) is 40.6 Å². The van der Waals surface area contributed by atoms with Crippen LogP contribution in [-0.2, 0) is 19.1 Å². The minimum atomic E-state index is -0.446. The fourth-order valence-corrected chi connectivity index (χ4v) is 7.73. The Bertz CT molecular complexity index is 2840. The molecular formula is C62H56N2O10. The fourth-order valence-electron chi connectivity index (χ4n) is 7.73. The Kier molecular flexibility index (Phi) is 17.6. The summed E-state index contributed by atoms with van der Waals surface area (Å²) < 4.78 is 44.9. The van der Waals surface area contributed by atoms with E-state index in [2.05, 4.69) is 71.5 Å². The van der Waals surface area contributed by atoms with Crippen LogP contribution in [0.25, 0.3) is 11.1 Å². The number of carbonyl (C=O) groups excluding carboxylic acids is 2. The molecular weight excluding hydrogens is 933 g/mol. The largest absolute Gasteiger partial charge is 0.497 e. The lowest BCUT2D eigenvalue weighted by Gasteiger charge is -2.26. The number of methoxy groups -OCH3 is 2. The second-order valence-corrected chi connectivity index (χ2v) is 16.4. The fraction of sp³-hybridized carbons (Fsp3) is 0.129. The molecule has 0 amide bonds. The molecule has 8 aromatic rings. The van der Waals surface area contributed by atoms with Gasteiger partial charge < -0.3 is 47.7 Å². The van der Waals surface area contributed by atoms with Gasteiger partial charge in [-0.05, 0) is 181 Å². The van der Waals surface area contributed by atoms with Crippen LogP contribution < -0.4 is 38.2 Å². The van der Waals surface area contributed by atoms with Crippen molar-refractivity contribution in [3.05, 3.63) is 219 Å². The van der Waals surface area contributed by atoms with Gasteiger partial charge in [0.25, 0.3) is 0 Å². The molecule has 74 heavy (non-hydrogen) atoms. The standard InChI is InChI=1S/C62H56N2O10/c1-5-61(65)71-43-7-41-69-55-33-37-59(38-34-55)73-57-29-21-51(22-30-57)63(49-17-25-53(67-3)26-18-49)47-13-9-45(10-14-47)46-11-15-48(16-12-46)64(50-19-27-54(68-4)28-20-50)52-23-31-58(32-24-52)74-60-39-35-56(36-40-60)70-42-8-44-72-62(66)6-2/h5-6,9-40H,1-2,7-8,41-44H2,3-4H3. The average molecular weight is 989 g/mol. The number of benzene rings is 8. The molecule has 0 bridgehead atoms. The first-order valence-corrected chi connectivity index (χ1v) is 24.0. The van der Waals surface area contributed by atoms with Crippen LogP contribution >= 0.6 is 0 Å². The molecule has 0 atom stereocenters. The van der Waals surface area contributed by atoms with Gasteiger partial charge in [-0.15, -0.1) is 0 Å². The van der Waals surface area contributed by atoms with Gasteiger partial charge in [0.15, 0.2) is 0 Å². The first-order chi connectivity index (χ1) is 36.3. The maximum absolute atomic E-state index is 11.2. The summed E-state index contributed by atoms with van der Waals surface area (Å²) in [5.74, 6) is 4.72. The quantitative estimate of drug-likeness (QED) is 0.0308. The molecule has 0 unspecified atom stereocenters. The maximum Gasteiger partial charge on any atom is 0.330 e. The number of ether oxygens (including phenoxy) is 8. The molecule has 0 heterocycles. The van der Waals surface area contributed by atoms with Gasteiger partial charge in [0.2, 0.25) is 0 Å². The Morgan fingerprint density at radius 2 is 0.595 bits per heavy atom. The summed E-state index contributed by atoms with van der Waals surface area (Å²) in [6.07, 6.45) is 3.42. The molecule has 0 fully saturated rings. The van der Waals surface area contributed by atoms with Crippen molar-refractivity contribution in [3.8, 4) is 57.1 Å². The van der Waals surface area contributed by atoms with Crippen molar-refractivity contribution in [3.63, 3.8) is 0 Å². The van der Waals surface area contributed by atoms with Gasteiger partial charge in [0.1, 0.15) is 46.0 Å². The summed E-state index contributed by atoms with van der Waals surface area (Å²) in [6, 6.07) is 63.7. The zero-order chi connectivity index (χ0) is 51.5. The van der Waals surface area contributed by atoms with Crippen molar-refractivity contribution in [2.75, 3.05) is 50.4 Å². The number of hydrogen-bond donors (Lipinski definition) is 0. The van der Waals surface area contributed by atoms with E-state index in [-0.39, 0.29) is 13.2 Å². The van der Waals surface area contributed by atoms with Crippen molar-refractivity contribution in [2.45, 2.75) is 12.8 Å². The van der Waals surface area contributed by atoms with E-state index in [9.17, 15) is 9.59 Å². The smallest absolute Gasteiger partial charge is 0.330 e. The van der Waals surface area contributed by atoms with Crippen molar-refractivity contribution < 1.29 is 47.5 Å². The number of rotatable bonds is 25. The molecule has 0 aliphatic carbocycles. The Balaban J connectivity index is 0.946. The summed E-state index contributed by atoms with van der Waals surface area (Å²) >= 11 is 0. The third-order valence-corrected chi connectivity index (χ3v) is 11.5. The van der Waals surface area contributed by atoms with E-state index < -0.39 is 11.9 Å². The first kappa shape index (κ1) is 51.0. The minimum absolute atomic E-state index is 0.265. The molecule has 0 saturated carbocycles. The van der Waals surface area contributed by atoms with Crippen LogP contribution in [0.5, 0.6) is 46.0 Å². The molecule has 12 heteroatoms. The van der Waals surface area contributed by atoms with Crippen LogP contribution in [-0.4, -0.2) is 52.6 Å². The SMILES string of the molecule is C=CC(=O)OCCCOc1ccc(Oc2ccc(N(c3ccc(OC)cc3)c3ccc(-c4ccc(N(c5ccc(OC)cc5)c5ccc(Oc6ccc(OCCCOC(=O)C=C)cc6)cc5)cc4)cc3)cc2)cc1. The van der Waals surface area contributed by atoms with E-state index in [0.717, 1.165) is 68.9 Å². The third kappa shape index (κ3) is 13.9. The van der Waals surface area contributed by atoms with E-state index in [0.29, 0.717) is 60.6 Å². The monoisotopic (exact) mass is 988 g/mol. The van der Waals surface area contributed by atoms with Gasteiger partial charge in [-0.25, -0.2) is 9.59 Å². The Hall–Kier alpha value is -9.42. The molecule has 12 nitrogen and oxygen atoms in total. The van der Waals surface area contributed by atoms with E-state index in [1.165, 1.54) is 0 Å². The highest BCUT2D eigenvalue weighted by Crippen LogP contribution is 2.40. The lowest BCUT2D eigenvalue weighted by molar-refractivity contribution is -0.138. The Labute approximate surface area is 431 Å².